The van der Waals surface area contributed by atoms with E-state index < -0.39 is 10.0 Å². The molecule has 0 aliphatic carbocycles. The van der Waals surface area contributed by atoms with Crippen LogP contribution in [0, 0.1) is 11.3 Å². The van der Waals surface area contributed by atoms with Crippen molar-refractivity contribution in [3.63, 3.8) is 0 Å². The van der Waals surface area contributed by atoms with E-state index in [4.69, 9.17) is 0 Å². The number of hydrogen-bond donors (Lipinski definition) is 0. The standard InChI is InChI=1S/C14H28N2O2S/c1-12(2)9-15-7-5-14(6-8-15)10-16(11-14)19(17,18)13(3)4/h12-13H,5-11H2,1-4H3. The van der Waals surface area contributed by atoms with E-state index >= 15 is 0 Å². The molecule has 4 nitrogen and oxygen atoms in total. The highest BCUT2D eigenvalue weighted by Crippen LogP contribution is 2.42. The molecule has 0 N–H and O–H groups in total. The van der Waals surface area contributed by atoms with Gasteiger partial charge in [0.1, 0.15) is 0 Å². The summed E-state index contributed by atoms with van der Waals surface area (Å²) in [5.41, 5.74) is 0.287. The Morgan fingerprint density at radius 3 is 2.00 bits per heavy atom. The van der Waals surface area contributed by atoms with E-state index in [0.717, 1.165) is 39.0 Å². The zero-order valence-electron chi connectivity index (χ0n) is 12.7. The summed E-state index contributed by atoms with van der Waals surface area (Å²) in [6.45, 7) is 13.0. The first-order valence-electron chi connectivity index (χ1n) is 7.46. The first-order chi connectivity index (χ1) is 8.75. The van der Waals surface area contributed by atoms with Crippen molar-refractivity contribution in [1.29, 1.82) is 0 Å². The van der Waals surface area contributed by atoms with Crippen molar-refractivity contribution >= 4 is 10.0 Å². The first-order valence-corrected chi connectivity index (χ1v) is 8.97. The van der Waals surface area contributed by atoms with Gasteiger partial charge in [-0.25, -0.2) is 12.7 Å². The van der Waals surface area contributed by atoms with Crippen LogP contribution in [0.2, 0.25) is 0 Å². The number of nitrogens with zero attached hydrogens (tertiary/aromatic N) is 2. The predicted octanol–water partition coefficient (Wildman–Crippen LogP) is 1.78. The summed E-state index contributed by atoms with van der Waals surface area (Å²) in [7, 11) is -3.03. The Morgan fingerprint density at radius 2 is 1.58 bits per heavy atom. The number of piperidine rings is 1. The predicted molar refractivity (Wildman–Crippen MR) is 78.6 cm³/mol. The zero-order chi connectivity index (χ0) is 14.3. The minimum Gasteiger partial charge on any atom is -0.303 e. The molecule has 0 aromatic heterocycles. The highest BCUT2D eigenvalue weighted by Gasteiger charge is 2.49. The quantitative estimate of drug-likeness (QED) is 0.792. The highest BCUT2D eigenvalue weighted by molar-refractivity contribution is 7.89. The molecule has 19 heavy (non-hydrogen) atoms. The van der Waals surface area contributed by atoms with Crippen LogP contribution < -0.4 is 0 Å². The number of rotatable bonds is 4. The van der Waals surface area contributed by atoms with Crippen molar-refractivity contribution in [2.75, 3.05) is 32.7 Å². The van der Waals surface area contributed by atoms with Gasteiger partial charge >= 0.3 is 0 Å². The molecule has 1 spiro atoms. The van der Waals surface area contributed by atoms with Crippen molar-refractivity contribution in [2.24, 2.45) is 11.3 Å². The smallest absolute Gasteiger partial charge is 0.216 e. The monoisotopic (exact) mass is 288 g/mol. The first kappa shape index (κ1) is 15.3. The van der Waals surface area contributed by atoms with E-state index in [1.807, 2.05) is 0 Å². The molecule has 0 saturated carbocycles. The largest absolute Gasteiger partial charge is 0.303 e. The molecule has 2 aliphatic heterocycles. The van der Waals surface area contributed by atoms with Gasteiger partial charge in [-0.15, -0.1) is 0 Å². The van der Waals surface area contributed by atoms with Crippen LogP contribution >= 0.6 is 0 Å². The van der Waals surface area contributed by atoms with Gasteiger partial charge in [0.15, 0.2) is 0 Å². The molecule has 0 aromatic carbocycles. The van der Waals surface area contributed by atoms with E-state index in [1.165, 1.54) is 6.54 Å². The van der Waals surface area contributed by atoms with E-state index in [9.17, 15) is 8.42 Å². The van der Waals surface area contributed by atoms with Crippen LogP contribution in [-0.2, 0) is 10.0 Å². The Bertz CT molecular complexity index is 401. The second-order valence-electron chi connectivity index (χ2n) is 7.06. The molecule has 0 aromatic rings. The molecule has 0 unspecified atom stereocenters. The average Bonchev–Trinajstić information content (AvgIpc) is 2.26. The van der Waals surface area contributed by atoms with Crippen molar-refractivity contribution in [2.45, 2.75) is 45.8 Å². The molecule has 2 saturated heterocycles. The molecule has 0 bridgehead atoms. The third-order valence-corrected chi connectivity index (χ3v) is 6.69. The van der Waals surface area contributed by atoms with E-state index in [0.29, 0.717) is 5.92 Å². The summed E-state index contributed by atoms with van der Waals surface area (Å²) < 4.78 is 25.8. The maximum absolute atomic E-state index is 12.1. The lowest BCUT2D eigenvalue weighted by Gasteiger charge is -2.53. The fourth-order valence-corrected chi connectivity index (χ4v) is 4.73. The molecular weight excluding hydrogens is 260 g/mol. The van der Waals surface area contributed by atoms with Crippen LogP contribution in [0.1, 0.15) is 40.5 Å². The molecule has 112 valence electrons. The van der Waals surface area contributed by atoms with Gasteiger partial charge in [0.25, 0.3) is 0 Å². The SMILES string of the molecule is CC(C)CN1CCC2(CC1)CN(S(=O)(=O)C(C)C)C2. The van der Waals surface area contributed by atoms with Crippen LogP contribution in [0.3, 0.4) is 0 Å². The number of likely N-dealkylation sites (tertiary alicyclic amines) is 1. The topological polar surface area (TPSA) is 40.6 Å². The second-order valence-corrected chi connectivity index (χ2v) is 9.55. The van der Waals surface area contributed by atoms with Gasteiger partial charge < -0.3 is 4.90 Å². The number of hydrogen-bond acceptors (Lipinski definition) is 3. The third-order valence-electron chi connectivity index (χ3n) is 4.52. The maximum Gasteiger partial charge on any atom is 0.216 e. The second kappa shape index (κ2) is 5.34. The summed E-state index contributed by atoms with van der Waals surface area (Å²) in [6.07, 6.45) is 2.31. The Kier molecular flexibility index (Phi) is 4.29. The Morgan fingerprint density at radius 1 is 1.05 bits per heavy atom. The van der Waals surface area contributed by atoms with E-state index in [1.54, 1.807) is 18.2 Å². The summed E-state index contributed by atoms with van der Waals surface area (Å²) in [4.78, 5) is 2.52. The van der Waals surface area contributed by atoms with Crippen LogP contribution in [0.4, 0.5) is 0 Å². The van der Waals surface area contributed by atoms with Gasteiger partial charge in [0, 0.05) is 25.0 Å². The molecule has 2 heterocycles. The summed E-state index contributed by atoms with van der Waals surface area (Å²) in [5.74, 6) is 0.716. The molecule has 5 heteroatoms. The van der Waals surface area contributed by atoms with Gasteiger partial charge in [-0.05, 0) is 45.7 Å². The van der Waals surface area contributed by atoms with Gasteiger partial charge in [0.05, 0.1) is 5.25 Å². The van der Waals surface area contributed by atoms with Crippen LogP contribution in [0.25, 0.3) is 0 Å². The van der Waals surface area contributed by atoms with Gasteiger partial charge in [-0.1, -0.05) is 13.8 Å². The Hall–Kier alpha value is -0.130. The Labute approximate surface area is 118 Å². The summed E-state index contributed by atoms with van der Waals surface area (Å²) >= 11 is 0. The van der Waals surface area contributed by atoms with Crippen LogP contribution in [0.15, 0.2) is 0 Å². The lowest BCUT2D eigenvalue weighted by Crippen LogP contribution is -2.62. The highest BCUT2D eigenvalue weighted by atomic mass is 32.2. The fraction of sp³-hybridized carbons (Fsp3) is 1.00. The Balaban J connectivity index is 1.84. The summed E-state index contributed by atoms with van der Waals surface area (Å²) in [6, 6.07) is 0. The van der Waals surface area contributed by atoms with Crippen LogP contribution in [0.5, 0.6) is 0 Å². The molecule has 2 fully saturated rings. The van der Waals surface area contributed by atoms with Crippen molar-refractivity contribution in [3.8, 4) is 0 Å². The van der Waals surface area contributed by atoms with E-state index in [2.05, 4.69) is 18.7 Å². The summed E-state index contributed by atoms with van der Waals surface area (Å²) in [5, 5.41) is -0.286. The molecule has 0 amide bonds. The molecule has 0 atom stereocenters. The zero-order valence-corrected chi connectivity index (χ0v) is 13.5. The number of sulfonamides is 1. The van der Waals surface area contributed by atoms with Gasteiger partial charge in [-0.2, -0.15) is 0 Å². The van der Waals surface area contributed by atoms with E-state index in [-0.39, 0.29) is 10.7 Å². The molecule has 2 rings (SSSR count). The van der Waals surface area contributed by atoms with Crippen molar-refractivity contribution in [1.82, 2.24) is 9.21 Å². The lowest BCUT2D eigenvalue weighted by atomic mass is 9.73. The molecule has 2 aliphatic rings. The minimum absolute atomic E-state index is 0.286. The average molecular weight is 288 g/mol. The van der Waals surface area contributed by atoms with Crippen molar-refractivity contribution in [3.05, 3.63) is 0 Å². The van der Waals surface area contributed by atoms with Gasteiger partial charge in [0.2, 0.25) is 10.0 Å². The third kappa shape index (κ3) is 3.14. The molecular formula is C14H28N2O2S. The van der Waals surface area contributed by atoms with Crippen LogP contribution in [-0.4, -0.2) is 55.6 Å². The fourth-order valence-electron chi connectivity index (χ4n) is 3.22. The lowest BCUT2D eigenvalue weighted by molar-refractivity contribution is -0.00219. The maximum atomic E-state index is 12.1. The normalized spacial score (nSPS) is 25.2. The molecule has 0 radical (unpaired) electrons. The van der Waals surface area contributed by atoms with Crippen molar-refractivity contribution < 1.29 is 8.42 Å². The van der Waals surface area contributed by atoms with Gasteiger partial charge in [-0.3, -0.25) is 0 Å². The minimum atomic E-state index is -3.03.